The summed E-state index contributed by atoms with van der Waals surface area (Å²) < 4.78 is 2.06. The Kier molecular flexibility index (Phi) is 4.59. The molecule has 114 valence electrons. The van der Waals surface area contributed by atoms with Gasteiger partial charge in [0.25, 0.3) is 0 Å². The normalized spacial score (nSPS) is 10.9. The van der Waals surface area contributed by atoms with Gasteiger partial charge in [-0.1, -0.05) is 18.2 Å². The summed E-state index contributed by atoms with van der Waals surface area (Å²) in [5.41, 5.74) is 2.45. The molecule has 0 spiro atoms. The number of nitrogens with zero attached hydrogens (tertiary/aromatic N) is 1. The monoisotopic (exact) mass is 295 g/mol. The molecule has 3 rings (SSSR count). The van der Waals surface area contributed by atoms with Crippen LogP contribution in [0, 0.1) is 0 Å². The number of H-pyrrole nitrogens is 1. The van der Waals surface area contributed by atoms with Gasteiger partial charge in [-0.05, 0) is 36.6 Å². The van der Waals surface area contributed by atoms with Crippen LogP contribution in [0.4, 0.5) is 0 Å². The molecule has 0 saturated carbocycles. The molecule has 0 saturated heterocycles. The molecular weight excluding hydrogens is 274 g/mol. The zero-order chi connectivity index (χ0) is 15.2. The fraction of sp³-hybridized carbons (Fsp3) is 0.278. The minimum Gasteiger partial charge on any atom is -0.361 e. The highest BCUT2D eigenvalue weighted by molar-refractivity contribution is 5.83. The van der Waals surface area contributed by atoms with E-state index in [0.717, 1.165) is 24.9 Å². The largest absolute Gasteiger partial charge is 0.361 e. The maximum absolute atomic E-state index is 11.8. The molecule has 0 bridgehead atoms. The van der Waals surface area contributed by atoms with Crippen molar-refractivity contribution in [3.8, 4) is 0 Å². The first-order valence-electron chi connectivity index (χ1n) is 7.75. The summed E-state index contributed by atoms with van der Waals surface area (Å²) in [6, 6.07) is 12.3. The number of hydrogen-bond donors (Lipinski definition) is 2. The van der Waals surface area contributed by atoms with E-state index in [-0.39, 0.29) is 5.91 Å². The maximum atomic E-state index is 11.8. The number of amides is 1. The van der Waals surface area contributed by atoms with Gasteiger partial charge in [-0.25, -0.2) is 0 Å². The van der Waals surface area contributed by atoms with Gasteiger partial charge in [0.1, 0.15) is 0 Å². The van der Waals surface area contributed by atoms with Crippen molar-refractivity contribution in [2.24, 2.45) is 0 Å². The van der Waals surface area contributed by atoms with E-state index in [1.807, 2.05) is 36.7 Å². The van der Waals surface area contributed by atoms with Crippen LogP contribution >= 0.6 is 0 Å². The number of aromatic nitrogens is 2. The molecule has 0 radical (unpaired) electrons. The number of fused-ring (bicyclic) bond motifs is 1. The van der Waals surface area contributed by atoms with Crippen molar-refractivity contribution in [2.45, 2.75) is 25.8 Å². The second-order valence-corrected chi connectivity index (χ2v) is 5.48. The second kappa shape index (κ2) is 6.98. The van der Waals surface area contributed by atoms with Crippen molar-refractivity contribution in [3.05, 3.63) is 60.6 Å². The summed E-state index contributed by atoms with van der Waals surface area (Å²) in [7, 11) is 0. The topological polar surface area (TPSA) is 49.8 Å². The lowest BCUT2D eigenvalue weighted by atomic mass is 10.1. The van der Waals surface area contributed by atoms with E-state index in [1.165, 1.54) is 10.9 Å². The van der Waals surface area contributed by atoms with Gasteiger partial charge in [0, 0.05) is 49.0 Å². The number of rotatable bonds is 7. The van der Waals surface area contributed by atoms with Crippen LogP contribution in [0.5, 0.6) is 0 Å². The van der Waals surface area contributed by atoms with Gasteiger partial charge in [-0.15, -0.1) is 0 Å². The van der Waals surface area contributed by atoms with Crippen LogP contribution in [-0.2, 0) is 17.8 Å². The van der Waals surface area contributed by atoms with E-state index in [1.54, 1.807) is 0 Å². The lowest BCUT2D eigenvalue weighted by Gasteiger charge is -2.06. The quantitative estimate of drug-likeness (QED) is 0.691. The summed E-state index contributed by atoms with van der Waals surface area (Å²) in [5.74, 6) is 0.131. The summed E-state index contributed by atoms with van der Waals surface area (Å²) >= 11 is 0. The number of carbonyl (C=O) groups excluding carboxylic acids is 1. The van der Waals surface area contributed by atoms with E-state index in [0.29, 0.717) is 13.0 Å². The van der Waals surface area contributed by atoms with E-state index in [2.05, 4.69) is 33.2 Å². The van der Waals surface area contributed by atoms with E-state index >= 15 is 0 Å². The molecule has 2 heterocycles. The maximum Gasteiger partial charge on any atom is 0.220 e. The Morgan fingerprint density at radius 3 is 2.82 bits per heavy atom. The summed E-state index contributed by atoms with van der Waals surface area (Å²) in [4.78, 5) is 15.1. The molecular formula is C18H21N3O. The molecule has 0 atom stereocenters. The minimum atomic E-state index is 0.131. The van der Waals surface area contributed by atoms with Crippen LogP contribution in [0.3, 0.4) is 0 Å². The SMILES string of the molecule is O=C(CCCc1c[nH]c2ccccc12)NCCn1cccc1. The lowest BCUT2D eigenvalue weighted by molar-refractivity contribution is -0.121. The van der Waals surface area contributed by atoms with Crippen molar-refractivity contribution in [2.75, 3.05) is 6.54 Å². The van der Waals surface area contributed by atoms with Gasteiger partial charge in [-0.3, -0.25) is 4.79 Å². The summed E-state index contributed by atoms with van der Waals surface area (Å²) in [6.45, 7) is 1.50. The van der Waals surface area contributed by atoms with Crippen LogP contribution < -0.4 is 5.32 Å². The number of para-hydroxylation sites is 1. The Hall–Kier alpha value is -2.49. The molecule has 0 unspecified atom stereocenters. The van der Waals surface area contributed by atoms with Crippen LogP contribution in [0.15, 0.2) is 55.0 Å². The summed E-state index contributed by atoms with van der Waals surface area (Å²) in [6.07, 6.45) is 8.43. The fourth-order valence-electron chi connectivity index (χ4n) is 2.71. The fourth-order valence-corrected chi connectivity index (χ4v) is 2.71. The number of carbonyl (C=O) groups is 1. The number of aryl methyl sites for hydroxylation is 1. The van der Waals surface area contributed by atoms with Gasteiger partial charge in [0.2, 0.25) is 5.91 Å². The molecule has 0 fully saturated rings. The molecule has 3 aromatic rings. The minimum absolute atomic E-state index is 0.131. The van der Waals surface area contributed by atoms with Gasteiger partial charge in [0.05, 0.1) is 0 Å². The zero-order valence-corrected chi connectivity index (χ0v) is 12.6. The predicted octanol–water partition coefficient (Wildman–Crippen LogP) is 3.11. The summed E-state index contributed by atoms with van der Waals surface area (Å²) in [5, 5.41) is 4.23. The standard InChI is InChI=1S/C18H21N3O/c22-18(19-10-13-21-11-3-4-12-21)9-5-6-15-14-20-17-8-2-1-7-16(15)17/h1-4,7-8,11-12,14,20H,5-6,9-10,13H2,(H,19,22). The molecule has 0 aliphatic heterocycles. The molecule has 1 amide bonds. The molecule has 1 aromatic carbocycles. The highest BCUT2D eigenvalue weighted by Crippen LogP contribution is 2.19. The van der Waals surface area contributed by atoms with Crippen LogP contribution in [0.25, 0.3) is 10.9 Å². The third kappa shape index (κ3) is 3.58. The van der Waals surface area contributed by atoms with Gasteiger partial charge in [-0.2, -0.15) is 0 Å². The van der Waals surface area contributed by atoms with Crippen molar-refractivity contribution < 1.29 is 4.79 Å². The Balaban J connectivity index is 1.40. The number of hydrogen-bond acceptors (Lipinski definition) is 1. The highest BCUT2D eigenvalue weighted by atomic mass is 16.1. The zero-order valence-electron chi connectivity index (χ0n) is 12.6. The Labute approximate surface area is 130 Å². The molecule has 22 heavy (non-hydrogen) atoms. The third-order valence-corrected chi connectivity index (χ3v) is 3.88. The first-order chi connectivity index (χ1) is 10.8. The number of aromatic amines is 1. The predicted molar refractivity (Wildman–Crippen MR) is 88.7 cm³/mol. The van der Waals surface area contributed by atoms with E-state index < -0.39 is 0 Å². The number of benzene rings is 1. The van der Waals surface area contributed by atoms with Crippen molar-refractivity contribution >= 4 is 16.8 Å². The van der Waals surface area contributed by atoms with Gasteiger partial charge < -0.3 is 14.9 Å². The highest BCUT2D eigenvalue weighted by Gasteiger charge is 2.05. The first kappa shape index (κ1) is 14.4. The Morgan fingerprint density at radius 2 is 1.95 bits per heavy atom. The van der Waals surface area contributed by atoms with Crippen LogP contribution in [-0.4, -0.2) is 22.0 Å². The Bertz CT molecular complexity index is 728. The van der Waals surface area contributed by atoms with Gasteiger partial charge >= 0.3 is 0 Å². The average molecular weight is 295 g/mol. The molecule has 4 nitrogen and oxygen atoms in total. The second-order valence-electron chi connectivity index (χ2n) is 5.48. The average Bonchev–Trinajstić information content (AvgIpc) is 3.17. The molecule has 4 heteroatoms. The van der Waals surface area contributed by atoms with E-state index in [4.69, 9.17) is 0 Å². The Morgan fingerprint density at radius 1 is 1.14 bits per heavy atom. The third-order valence-electron chi connectivity index (χ3n) is 3.88. The van der Waals surface area contributed by atoms with Crippen molar-refractivity contribution in [1.82, 2.24) is 14.9 Å². The van der Waals surface area contributed by atoms with Crippen LogP contribution in [0.2, 0.25) is 0 Å². The lowest BCUT2D eigenvalue weighted by Crippen LogP contribution is -2.26. The van der Waals surface area contributed by atoms with Crippen molar-refractivity contribution in [3.63, 3.8) is 0 Å². The molecule has 0 aliphatic carbocycles. The first-order valence-corrected chi connectivity index (χ1v) is 7.75. The van der Waals surface area contributed by atoms with Crippen LogP contribution in [0.1, 0.15) is 18.4 Å². The molecule has 2 aromatic heterocycles. The molecule has 0 aliphatic rings. The van der Waals surface area contributed by atoms with Gasteiger partial charge in [0.15, 0.2) is 0 Å². The molecule has 2 N–H and O–H groups in total. The smallest absolute Gasteiger partial charge is 0.220 e. The number of nitrogens with one attached hydrogen (secondary N) is 2. The van der Waals surface area contributed by atoms with Crippen molar-refractivity contribution in [1.29, 1.82) is 0 Å². The van der Waals surface area contributed by atoms with E-state index in [9.17, 15) is 4.79 Å².